The second kappa shape index (κ2) is 8.28. The van der Waals surface area contributed by atoms with Crippen molar-refractivity contribution in [2.24, 2.45) is 0 Å². The van der Waals surface area contributed by atoms with Crippen molar-refractivity contribution in [3.05, 3.63) is 64.4 Å². The summed E-state index contributed by atoms with van der Waals surface area (Å²) in [6.07, 6.45) is 0.199. The average molecular weight is 421 g/mol. The zero-order valence-corrected chi connectivity index (χ0v) is 16.7. The average Bonchev–Trinajstić information content (AvgIpc) is 3.06. The number of nitrogens with zero attached hydrogens (tertiary/aromatic N) is 2. The third-order valence-electron chi connectivity index (χ3n) is 5.96. The lowest BCUT2D eigenvalue weighted by atomic mass is 9.87. The van der Waals surface area contributed by atoms with Gasteiger partial charge in [0.15, 0.2) is 0 Å². The van der Waals surface area contributed by atoms with Gasteiger partial charge < -0.3 is 10.0 Å². The highest BCUT2D eigenvalue weighted by Gasteiger charge is 2.40. The van der Waals surface area contributed by atoms with E-state index in [2.05, 4.69) is 0 Å². The van der Waals surface area contributed by atoms with Gasteiger partial charge in [0.25, 0.3) is 0 Å². The molecule has 0 bridgehead atoms. The molecule has 2 saturated heterocycles. The minimum atomic E-state index is -1.07. The maximum absolute atomic E-state index is 14.9. The minimum absolute atomic E-state index is 0.0318. The molecule has 3 atom stereocenters. The summed E-state index contributed by atoms with van der Waals surface area (Å²) >= 11 is 5.72. The molecule has 1 amide bonds. The van der Waals surface area contributed by atoms with E-state index < -0.39 is 12.0 Å². The number of benzene rings is 2. The van der Waals surface area contributed by atoms with Gasteiger partial charge in [0, 0.05) is 25.6 Å². The first-order chi connectivity index (χ1) is 13.9. The number of hydrogen-bond donors (Lipinski definition) is 1. The van der Waals surface area contributed by atoms with Crippen LogP contribution in [0.4, 0.5) is 8.78 Å². The summed E-state index contributed by atoms with van der Waals surface area (Å²) in [4.78, 5) is 16.5. The molecule has 154 valence electrons. The van der Waals surface area contributed by atoms with Gasteiger partial charge in [-0.1, -0.05) is 29.8 Å². The summed E-state index contributed by atoms with van der Waals surface area (Å²) in [7, 11) is 0. The molecule has 0 aromatic heterocycles. The highest BCUT2D eigenvalue weighted by atomic mass is 35.5. The summed E-state index contributed by atoms with van der Waals surface area (Å²) in [6, 6.07) is 10.9. The van der Waals surface area contributed by atoms with Crippen molar-refractivity contribution in [1.29, 1.82) is 0 Å². The van der Waals surface area contributed by atoms with Gasteiger partial charge in [0.05, 0.1) is 11.1 Å². The van der Waals surface area contributed by atoms with Crippen molar-refractivity contribution in [2.45, 2.75) is 37.5 Å². The van der Waals surface area contributed by atoms with Gasteiger partial charge in [0.1, 0.15) is 17.7 Å². The molecule has 0 saturated carbocycles. The molecule has 0 spiro atoms. The zero-order chi connectivity index (χ0) is 20.5. The SMILES string of the molecule is O=C1C(N2CC[C@H](c3ccc(O)cc3)[C@@H](F)C2)CCN1Cc1ccc(Cl)c(F)c1. The number of carbonyl (C=O) groups excluding carboxylic acids is 1. The van der Waals surface area contributed by atoms with Crippen molar-refractivity contribution in [2.75, 3.05) is 19.6 Å². The maximum Gasteiger partial charge on any atom is 0.240 e. The Labute approximate surface area is 173 Å². The fraction of sp³-hybridized carbons (Fsp3) is 0.409. The van der Waals surface area contributed by atoms with E-state index in [0.29, 0.717) is 38.0 Å². The smallest absolute Gasteiger partial charge is 0.240 e. The second-order valence-electron chi connectivity index (χ2n) is 7.81. The Balaban J connectivity index is 1.38. The molecule has 4 nitrogen and oxygen atoms in total. The molecule has 2 fully saturated rings. The number of piperidine rings is 1. The summed E-state index contributed by atoms with van der Waals surface area (Å²) < 4.78 is 28.6. The Kier molecular flexibility index (Phi) is 5.74. The quantitative estimate of drug-likeness (QED) is 0.809. The maximum atomic E-state index is 14.9. The number of carbonyl (C=O) groups is 1. The van der Waals surface area contributed by atoms with E-state index in [1.54, 1.807) is 35.2 Å². The highest BCUT2D eigenvalue weighted by Crippen LogP contribution is 2.33. The van der Waals surface area contributed by atoms with Crippen LogP contribution in [0.25, 0.3) is 0 Å². The van der Waals surface area contributed by atoms with Crippen molar-refractivity contribution in [3.8, 4) is 5.75 Å². The normalized spacial score (nSPS) is 25.6. The minimum Gasteiger partial charge on any atom is -0.508 e. The number of hydrogen-bond acceptors (Lipinski definition) is 3. The molecule has 1 unspecified atom stereocenters. The monoisotopic (exact) mass is 420 g/mol. The fourth-order valence-electron chi connectivity index (χ4n) is 4.39. The summed E-state index contributed by atoms with van der Waals surface area (Å²) in [5.74, 6) is -0.588. The number of likely N-dealkylation sites (tertiary alicyclic amines) is 2. The number of halogens is 3. The van der Waals surface area contributed by atoms with Crippen LogP contribution in [0.3, 0.4) is 0 Å². The van der Waals surface area contributed by atoms with E-state index in [4.69, 9.17) is 11.6 Å². The summed E-state index contributed by atoms with van der Waals surface area (Å²) in [5.41, 5.74) is 1.56. The van der Waals surface area contributed by atoms with Crippen LogP contribution in [0, 0.1) is 5.82 Å². The highest BCUT2D eigenvalue weighted by molar-refractivity contribution is 6.30. The van der Waals surface area contributed by atoms with Gasteiger partial charge in [-0.25, -0.2) is 8.78 Å². The molecule has 4 rings (SSSR count). The number of alkyl halides is 1. The van der Waals surface area contributed by atoms with E-state index in [1.807, 2.05) is 4.90 Å². The lowest BCUT2D eigenvalue weighted by molar-refractivity contribution is -0.133. The molecule has 2 heterocycles. The third-order valence-corrected chi connectivity index (χ3v) is 6.27. The van der Waals surface area contributed by atoms with Gasteiger partial charge in [-0.05, 0) is 54.8 Å². The van der Waals surface area contributed by atoms with Crippen LogP contribution in [0.2, 0.25) is 5.02 Å². The number of amides is 1. The second-order valence-corrected chi connectivity index (χ2v) is 8.22. The first-order valence-electron chi connectivity index (χ1n) is 9.82. The molecule has 1 N–H and O–H groups in total. The Morgan fingerprint density at radius 2 is 1.86 bits per heavy atom. The molecule has 0 radical (unpaired) electrons. The number of aromatic hydroxyl groups is 1. The van der Waals surface area contributed by atoms with Crippen LogP contribution in [-0.4, -0.2) is 52.7 Å². The third kappa shape index (κ3) is 4.23. The van der Waals surface area contributed by atoms with Crippen molar-refractivity contribution in [1.82, 2.24) is 9.80 Å². The molecular formula is C22H23ClF2N2O2. The Morgan fingerprint density at radius 1 is 1.10 bits per heavy atom. The van der Waals surface area contributed by atoms with Crippen LogP contribution >= 0.6 is 11.6 Å². The lowest BCUT2D eigenvalue weighted by Crippen LogP contribution is -2.49. The predicted molar refractivity (Wildman–Crippen MR) is 107 cm³/mol. The predicted octanol–water partition coefficient (Wildman–Crippen LogP) is 4.11. The first kappa shape index (κ1) is 20.1. The van der Waals surface area contributed by atoms with Gasteiger partial charge in [-0.15, -0.1) is 0 Å². The van der Waals surface area contributed by atoms with Crippen molar-refractivity contribution >= 4 is 17.5 Å². The van der Waals surface area contributed by atoms with Crippen LogP contribution < -0.4 is 0 Å². The van der Waals surface area contributed by atoms with Crippen molar-refractivity contribution in [3.63, 3.8) is 0 Å². The topological polar surface area (TPSA) is 43.8 Å². The molecule has 29 heavy (non-hydrogen) atoms. The Bertz CT molecular complexity index is 893. The van der Waals surface area contributed by atoms with Gasteiger partial charge in [0.2, 0.25) is 5.91 Å². The van der Waals surface area contributed by atoms with E-state index in [1.165, 1.54) is 12.1 Å². The Morgan fingerprint density at radius 3 is 2.55 bits per heavy atom. The van der Waals surface area contributed by atoms with Crippen LogP contribution in [0.5, 0.6) is 5.75 Å². The Hall–Kier alpha value is -2.18. The molecule has 2 aliphatic rings. The van der Waals surface area contributed by atoms with Gasteiger partial charge >= 0.3 is 0 Å². The molecule has 2 aromatic rings. The van der Waals surface area contributed by atoms with E-state index in [0.717, 1.165) is 5.56 Å². The standard InChI is InChI=1S/C22H23ClF2N2O2/c23-18-6-1-14(11-19(18)24)12-27-10-8-21(22(27)29)26-9-7-17(20(25)13-26)15-2-4-16(28)5-3-15/h1-6,11,17,20-21,28H,7-10,12-13H2/t17-,20+,21?/m1/s1. The first-order valence-corrected chi connectivity index (χ1v) is 10.2. The van der Waals surface area contributed by atoms with Gasteiger partial charge in [-0.3, -0.25) is 9.69 Å². The fourth-order valence-corrected chi connectivity index (χ4v) is 4.50. The summed E-state index contributed by atoms with van der Waals surface area (Å²) in [5, 5.41) is 9.48. The van der Waals surface area contributed by atoms with Gasteiger partial charge in [-0.2, -0.15) is 0 Å². The van der Waals surface area contributed by atoms with E-state index in [9.17, 15) is 18.7 Å². The van der Waals surface area contributed by atoms with E-state index in [-0.39, 0.29) is 35.2 Å². The molecule has 2 aliphatic heterocycles. The number of rotatable bonds is 4. The lowest BCUT2D eigenvalue weighted by Gasteiger charge is -2.37. The molecular weight excluding hydrogens is 398 g/mol. The molecule has 0 aliphatic carbocycles. The molecule has 7 heteroatoms. The zero-order valence-electron chi connectivity index (χ0n) is 15.9. The molecule has 2 aromatic carbocycles. The largest absolute Gasteiger partial charge is 0.508 e. The van der Waals surface area contributed by atoms with Crippen LogP contribution in [0.15, 0.2) is 42.5 Å². The number of phenols is 1. The van der Waals surface area contributed by atoms with Crippen molar-refractivity contribution < 1.29 is 18.7 Å². The van der Waals surface area contributed by atoms with Crippen LogP contribution in [0.1, 0.15) is 29.9 Å². The number of phenolic OH excluding ortho intramolecular Hbond substituents is 1. The summed E-state index contributed by atoms with van der Waals surface area (Å²) in [6.45, 7) is 1.76. The van der Waals surface area contributed by atoms with Crippen LogP contribution in [-0.2, 0) is 11.3 Å². The van der Waals surface area contributed by atoms with E-state index >= 15 is 0 Å².